The molecule has 1 aromatic rings. The number of hydrogen-bond acceptors (Lipinski definition) is 7. The zero-order valence-electron chi connectivity index (χ0n) is 11.9. The highest BCUT2D eigenvalue weighted by atomic mass is 16.5. The highest BCUT2D eigenvalue weighted by molar-refractivity contribution is 4.93. The van der Waals surface area contributed by atoms with Crippen LogP contribution in [-0.4, -0.2) is 61.0 Å². The topological polar surface area (TPSA) is 72.7 Å². The number of aromatic nitrogens is 2. The fourth-order valence-corrected chi connectivity index (χ4v) is 2.54. The average Bonchev–Trinajstić information content (AvgIpc) is 2.95. The number of hydrogen-bond donors (Lipinski definition) is 1. The lowest BCUT2D eigenvalue weighted by Gasteiger charge is -2.27. The van der Waals surface area contributed by atoms with E-state index in [2.05, 4.69) is 27.4 Å². The lowest BCUT2D eigenvalue weighted by Crippen LogP contribution is -2.35. The van der Waals surface area contributed by atoms with Crippen LogP contribution in [0, 0.1) is 0 Å². The Bertz CT molecular complexity index is 420. The summed E-state index contributed by atoms with van der Waals surface area (Å²) < 4.78 is 16.7. The van der Waals surface area contributed by atoms with E-state index in [1.165, 1.54) is 0 Å². The third-order valence-corrected chi connectivity index (χ3v) is 3.77. The van der Waals surface area contributed by atoms with Crippen molar-refractivity contribution >= 4 is 0 Å². The molecule has 7 nitrogen and oxygen atoms in total. The van der Waals surface area contributed by atoms with Gasteiger partial charge in [-0.2, -0.15) is 4.98 Å². The van der Waals surface area contributed by atoms with E-state index >= 15 is 0 Å². The maximum absolute atomic E-state index is 5.80. The van der Waals surface area contributed by atoms with Crippen LogP contribution in [0.5, 0.6) is 0 Å². The van der Waals surface area contributed by atoms with Crippen LogP contribution in [0.15, 0.2) is 4.52 Å². The minimum absolute atomic E-state index is 0.0925. The summed E-state index contributed by atoms with van der Waals surface area (Å²) in [6, 6.07) is 0. The molecule has 0 radical (unpaired) electrons. The van der Waals surface area contributed by atoms with E-state index in [1.54, 1.807) is 0 Å². The molecule has 2 aliphatic heterocycles. The van der Waals surface area contributed by atoms with Crippen LogP contribution in [0.25, 0.3) is 0 Å². The summed E-state index contributed by atoms with van der Waals surface area (Å²) in [6.07, 6.45) is 2.28. The van der Waals surface area contributed by atoms with E-state index in [0.717, 1.165) is 39.0 Å². The number of nitrogens with zero attached hydrogens (tertiary/aromatic N) is 3. The van der Waals surface area contributed by atoms with E-state index in [0.29, 0.717) is 31.0 Å². The third kappa shape index (κ3) is 3.54. The van der Waals surface area contributed by atoms with Crippen molar-refractivity contribution in [3.8, 4) is 0 Å². The van der Waals surface area contributed by atoms with Gasteiger partial charge in [-0.3, -0.25) is 0 Å². The standard InChI is InChI=1S/C13H22N4O3/c1-17-6-7-18-11(8-17)13-15-12(20-16-13)9-19-10-2-4-14-5-3-10/h10-11,14H,2-9H2,1H3. The molecule has 7 heteroatoms. The third-order valence-electron chi connectivity index (χ3n) is 3.77. The van der Waals surface area contributed by atoms with Crippen LogP contribution in [0.2, 0.25) is 0 Å². The number of rotatable bonds is 4. The molecule has 1 atom stereocenters. The van der Waals surface area contributed by atoms with Crippen LogP contribution in [0.4, 0.5) is 0 Å². The van der Waals surface area contributed by atoms with Gasteiger partial charge in [0.25, 0.3) is 5.89 Å². The Morgan fingerprint density at radius 3 is 3.05 bits per heavy atom. The summed E-state index contributed by atoms with van der Waals surface area (Å²) in [4.78, 5) is 6.59. The first kappa shape index (κ1) is 13.9. The minimum atomic E-state index is -0.0925. The average molecular weight is 282 g/mol. The summed E-state index contributed by atoms with van der Waals surface area (Å²) in [7, 11) is 2.07. The summed E-state index contributed by atoms with van der Waals surface area (Å²) >= 11 is 0. The number of ether oxygens (including phenoxy) is 2. The van der Waals surface area contributed by atoms with Gasteiger partial charge in [0.2, 0.25) is 5.82 Å². The summed E-state index contributed by atoms with van der Waals surface area (Å²) in [6.45, 7) is 4.87. The first-order chi connectivity index (χ1) is 9.81. The predicted octanol–water partition coefficient (Wildman–Crippen LogP) is 0.341. The van der Waals surface area contributed by atoms with Gasteiger partial charge >= 0.3 is 0 Å². The van der Waals surface area contributed by atoms with Crippen LogP contribution in [0.1, 0.15) is 30.7 Å². The van der Waals surface area contributed by atoms with Gasteiger partial charge in [0.1, 0.15) is 12.7 Å². The fraction of sp³-hybridized carbons (Fsp3) is 0.846. The van der Waals surface area contributed by atoms with Crippen molar-refractivity contribution in [2.24, 2.45) is 0 Å². The summed E-state index contributed by atoms with van der Waals surface area (Å²) in [5.74, 6) is 1.16. The molecule has 0 saturated carbocycles. The molecule has 0 spiro atoms. The van der Waals surface area contributed by atoms with Gasteiger partial charge in [-0.05, 0) is 33.0 Å². The van der Waals surface area contributed by atoms with E-state index < -0.39 is 0 Å². The Labute approximate surface area is 118 Å². The lowest BCUT2D eigenvalue weighted by atomic mass is 10.1. The van der Waals surface area contributed by atoms with E-state index in [-0.39, 0.29) is 6.10 Å². The summed E-state index contributed by atoms with van der Waals surface area (Å²) in [5, 5.41) is 7.32. The molecular weight excluding hydrogens is 260 g/mol. The normalized spacial score (nSPS) is 25.9. The zero-order valence-corrected chi connectivity index (χ0v) is 11.9. The molecule has 0 bridgehead atoms. The molecule has 1 unspecified atom stereocenters. The maximum Gasteiger partial charge on any atom is 0.252 e. The Hall–Kier alpha value is -1.02. The van der Waals surface area contributed by atoms with Crippen LogP contribution in [-0.2, 0) is 16.1 Å². The Balaban J connectivity index is 1.51. The molecule has 2 aliphatic rings. The molecule has 0 aromatic carbocycles. The highest BCUT2D eigenvalue weighted by Crippen LogP contribution is 2.19. The summed E-state index contributed by atoms with van der Waals surface area (Å²) in [5.41, 5.74) is 0. The molecule has 0 amide bonds. The van der Waals surface area contributed by atoms with Crippen molar-refractivity contribution in [3.63, 3.8) is 0 Å². The minimum Gasteiger partial charge on any atom is -0.368 e. The first-order valence-electron chi connectivity index (χ1n) is 7.26. The van der Waals surface area contributed by atoms with E-state index in [4.69, 9.17) is 14.0 Å². The molecule has 0 aliphatic carbocycles. The Morgan fingerprint density at radius 1 is 1.40 bits per heavy atom. The maximum atomic E-state index is 5.80. The van der Waals surface area contributed by atoms with Crippen molar-refractivity contribution in [3.05, 3.63) is 11.7 Å². The molecule has 3 heterocycles. The monoisotopic (exact) mass is 282 g/mol. The number of nitrogens with one attached hydrogen (secondary N) is 1. The quantitative estimate of drug-likeness (QED) is 0.853. The van der Waals surface area contributed by atoms with Crippen molar-refractivity contribution in [2.75, 3.05) is 39.8 Å². The number of morpholine rings is 1. The molecule has 3 rings (SSSR count). The van der Waals surface area contributed by atoms with Gasteiger partial charge in [-0.1, -0.05) is 5.16 Å². The molecule has 112 valence electrons. The first-order valence-corrected chi connectivity index (χ1v) is 7.26. The van der Waals surface area contributed by atoms with Crippen LogP contribution in [0.3, 0.4) is 0 Å². The smallest absolute Gasteiger partial charge is 0.252 e. The second kappa shape index (κ2) is 6.62. The molecule has 1 aromatic heterocycles. The molecule has 1 N–H and O–H groups in total. The second-order valence-corrected chi connectivity index (χ2v) is 5.43. The Morgan fingerprint density at radius 2 is 2.25 bits per heavy atom. The van der Waals surface area contributed by atoms with Crippen molar-refractivity contribution in [1.82, 2.24) is 20.4 Å². The van der Waals surface area contributed by atoms with Gasteiger partial charge in [0.15, 0.2) is 0 Å². The lowest BCUT2D eigenvalue weighted by molar-refractivity contribution is -0.0264. The van der Waals surface area contributed by atoms with Gasteiger partial charge < -0.3 is 24.2 Å². The van der Waals surface area contributed by atoms with Crippen molar-refractivity contribution in [1.29, 1.82) is 0 Å². The largest absolute Gasteiger partial charge is 0.368 e. The highest BCUT2D eigenvalue weighted by Gasteiger charge is 2.24. The fourth-order valence-electron chi connectivity index (χ4n) is 2.54. The van der Waals surface area contributed by atoms with Crippen LogP contribution >= 0.6 is 0 Å². The SMILES string of the molecule is CN1CCOC(c2noc(COC3CCNCC3)n2)C1. The van der Waals surface area contributed by atoms with Gasteiger partial charge in [-0.15, -0.1) is 0 Å². The zero-order chi connectivity index (χ0) is 13.8. The number of piperidine rings is 1. The van der Waals surface area contributed by atoms with Crippen molar-refractivity contribution < 1.29 is 14.0 Å². The predicted molar refractivity (Wildman–Crippen MR) is 71.2 cm³/mol. The van der Waals surface area contributed by atoms with Gasteiger partial charge in [0, 0.05) is 13.1 Å². The second-order valence-electron chi connectivity index (χ2n) is 5.43. The molecule has 2 saturated heterocycles. The molecular formula is C13H22N4O3. The van der Waals surface area contributed by atoms with Crippen molar-refractivity contribution in [2.45, 2.75) is 31.7 Å². The van der Waals surface area contributed by atoms with Gasteiger partial charge in [0.05, 0.1) is 12.7 Å². The van der Waals surface area contributed by atoms with Gasteiger partial charge in [-0.25, -0.2) is 0 Å². The molecule has 20 heavy (non-hydrogen) atoms. The van der Waals surface area contributed by atoms with E-state index in [9.17, 15) is 0 Å². The van der Waals surface area contributed by atoms with Crippen LogP contribution < -0.4 is 5.32 Å². The number of likely N-dealkylation sites (N-methyl/N-ethyl adjacent to an activating group) is 1. The molecule has 2 fully saturated rings. The Kier molecular flexibility index (Phi) is 4.62. The van der Waals surface area contributed by atoms with E-state index in [1.807, 2.05) is 0 Å².